The standard InChI is InChI=1S/C19H13NO4S/c21-19(22)15-9-3-6-12-18(15)25-17-11-5-2-8-14(17)13-7-1-4-10-16(13)20(23)24/h1-12H,(H,21,22)/p-1. The second kappa shape index (κ2) is 7.19. The van der Waals surface area contributed by atoms with E-state index in [1.807, 2.05) is 12.1 Å². The van der Waals surface area contributed by atoms with Gasteiger partial charge in [0.25, 0.3) is 5.69 Å². The first kappa shape index (κ1) is 16.7. The second-order valence-electron chi connectivity index (χ2n) is 5.16. The van der Waals surface area contributed by atoms with Crippen molar-refractivity contribution in [3.05, 3.63) is 88.5 Å². The lowest BCUT2D eigenvalue weighted by Gasteiger charge is -2.13. The van der Waals surface area contributed by atoms with E-state index in [0.29, 0.717) is 16.0 Å². The van der Waals surface area contributed by atoms with Gasteiger partial charge in [-0.2, -0.15) is 0 Å². The molecule has 0 aromatic heterocycles. The fourth-order valence-corrected chi connectivity index (χ4v) is 3.56. The van der Waals surface area contributed by atoms with Crippen LogP contribution in [0.4, 0.5) is 5.69 Å². The van der Waals surface area contributed by atoms with Gasteiger partial charge >= 0.3 is 0 Å². The summed E-state index contributed by atoms with van der Waals surface area (Å²) in [6.07, 6.45) is 0. The third kappa shape index (κ3) is 3.54. The molecule has 0 bridgehead atoms. The van der Waals surface area contributed by atoms with Crippen molar-refractivity contribution in [2.45, 2.75) is 9.79 Å². The van der Waals surface area contributed by atoms with Gasteiger partial charge in [-0.3, -0.25) is 10.1 Å². The van der Waals surface area contributed by atoms with Crippen LogP contribution in [0.15, 0.2) is 82.6 Å². The highest BCUT2D eigenvalue weighted by Crippen LogP contribution is 2.40. The molecule has 0 saturated heterocycles. The number of carbonyl (C=O) groups excluding carboxylic acids is 1. The molecule has 0 amide bonds. The van der Waals surface area contributed by atoms with E-state index in [9.17, 15) is 20.0 Å². The van der Waals surface area contributed by atoms with Crippen LogP contribution in [0.5, 0.6) is 0 Å². The zero-order valence-electron chi connectivity index (χ0n) is 12.9. The molecular weight excluding hydrogens is 338 g/mol. The molecule has 6 heteroatoms. The van der Waals surface area contributed by atoms with Gasteiger partial charge < -0.3 is 9.90 Å². The predicted molar refractivity (Wildman–Crippen MR) is 93.4 cm³/mol. The lowest BCUT2D eigenvalue weighted by molar-refractivity contribution is -0.384. The summed E-state index contributed by atoms with van der Waals surface area (Å²) in [6, 6.07) is 20.2. The number of carboxylic acids is 1. The normalized spacial score (nSPS) is 10.4. The lowest BCUT2D eigenvalue weighted by Crippen LogP contribution is -2.22. The number of rotatable bonds is 5. The van der Waals surface area contributed by atoms with Crippen molar-refractivity contribution in [2.75, 3.05) is 0 Å². The summed E-state index contributed by atoms with van der Waals surface area (Å²) in [6.45, 7) is 0. The van der Waals surface area contributed by atoms with Crippen LogP contribution in [0.25, 0.3) is 11.1 Å². The largest absolute Gasteiger partial charge is 0.545 e. The van der Waals surface area contributed by atoms with E-state index in [-0.39, 0.29) is 11.3 Å². The molecule has 0 aliphatic carbocycles. The Morgan fingerprint density at radius 3 is 2.04 bits per heavy atom. The van der Waals surface area contributed by atoms with Gasteiger partial charge in [0.1, 0.15) is 0 Å². The van der Waals surface area contributed by atoms with Crippen LogP contribution in [0.3, 0.4) is 0 Å². The zero-order chi connectivity index (χ0) is 17.8. The van der Waals surface area contributed by atoms with Crippen molar-refractivity contribution < 1.29 is 14.8 Å². The first-order valence-electron chi connectivity index (χ1n) is 7.39. The zero-order valence-corrected chi connectivity index (χ0v) is 13.7. The molecule has 0 fully saturated rings. The van der Waals surface area contributed by atoms with Crippen LogP contribution in [-0.2, 0) is 0 Å². The Balaban J connectivity index is 2.10. The molecule has 0 heterocycles. The van der Waals surface area contributed by atoms with Crippen molar-refractivity contribution in [1.29, 1.82) is 0 Å². The summed E-state index contributed by atoms with van der Waals surface area (Å²) < 4.78 is 0. The van der Waals surface area contributed by atoms with Gasteiger partial charge in [-0.05, 0) is 18.2 Å². The van der Waals surface area contributed by atoms with Crippen molar-refractivity contribution >= 4 is 23.4 Å². The van der Waals surface area contributed by atoms with E-state index in [2.05, 4.69) is 0 Å². The maximum absolute atomic E-state index is 11.3. The molecule has 3 aromatic rings. The molecule has 5 nitrogen and oxygen atoms in total. The number of nitro benzene ring substituents is 1. The average Bonchev–Trinajstić information content (AvgIpc) is 2.62. The number of carboxylic acid groups (broad SMARTS) is 1. The summed E-state index contributed by atoms with van der Waals surface area (Å²) in [5.41, 5.74) is 1.25. The Labute approximate surface area is 148 Å². The van der Waals surface area contributed by atoms with Gasteiger partial charge in [-0.25, -0.2) is 0 Å². The molecule has 0 radical (unpaired) electrons. The number of benzene rings is 3. The fourth-order valence-electron chi connectivity index (χ4n) is 2.48. The summed E-state index contributed by atoms with van der Waals surface area (Å²) in [5.74, 6) is -1.26. The number of carbonyl (C=O) groups is 1. The quantitative estimate of drug-likeness (QED) is 0.516. The van der Waals surface area contributed by atoms with Crippen LogP contribution >= 0.6 is 11.8 Å². The van der Waals surface area contributed by atoms with Gasteiger partial charge in [0, 0.05) is 27.0 Å². The molecular formula is C19H12NO4S-. The van der Waals surface area contributed by atoms with Gasteiger partial charge in [-0.1, -0.05) is 60.3 Å². The van der Waals surface area contributed by atoms with Gasteiger partial charge in [-0.15, -0.1) is 0 Å². The number of para-hydroxylation sites is 1. The SMILES string of the molecule is O=C([O-])c1ccccc1Sc1ccccc1-c1ccccc1[N+](=O)[O-]. The summed E-state index contributed by atoms with van der Waals surface area (Å²) in [5, 5.41) is 22.6. The average molecular weight is 350 g/mol. The first-order chi connectivity index (χ1) is 12.1. The van der Waals surface area contributed by atoms with E-state index in [1.54, 1.807) is 48.5 Å². The fraction of sp³-hybridized carbons (Fsp3) is 0. The van der Waals surface area contributed by atoms with Crippen molar-refractivity contribution in [3.8, 4) is 11.1 Å². The molecule has 3 aromatic carbocycles. The smallest absolute Gasteiger partial charge is 0.277 e. The number of nitrogens with zero attached hydrogens (tertiary/aromatic N) is 1. The number of aromatic carboxylic acids is 1. The highest BCUT2D eigenvalue weighted by atomic mass is 32.2. The minimum absolute atomic E-state index is 0.00346. The molecule has 0 unspecified atom stereocenters. The predicted octanol–water partition coefficient (Wildman–Crippen LogP) is 3.78. The van der Waals surface area contributed by atoms with E-state index < -0.39 is 10.9 Å². The molecule has 0 saturated carbocycles. The van der Waals surface area contributed by atoms with Gasteiger partial charge in [0.15, 0.2) is 0 Å². The summed E-state index contributed by atoms with van der Waals surface area (Å²) in [4.78, 5) is 23.4. The maximum atomic E-state index is 11.3. The molecule has 3 rings (SSSR count). The van der Waals surface area contributed by atoms with Crippen LogP contribution < -0.4 is 5.11 Å². The molecule has 0 aliphatic heterocycles. The Bertz CT molecular complexity index is 955. The maximum Gasteiger partial charge on any atom is 0.277 e. The monoisotopic (exact) mass is 350 g/mol. The molecule has 0 spiro atoms. The van der Waals surface area contributed by atoms with Crippen molar-refractivity contribution in [1.82, 2.24) is 0 Å². The minimum Gasteiger partial charge on any atom is -0.545 e. The van der Waals surface area contributed by atoms with E-state index in [0.717, 1.165) is 4.90 Å². The van der Waals surface area contributed by atoms with E-state index in [4.69, 9.17) is 0 Å². The molecule has 124 valence electrons. The first-order valence-corrected chi connectivity index (χ1v) is 8.20. The summed E-state index contributed by atoms with van der Waals surface area (Å²) >= 11 is 1.24. The van der Waals surface area contributed by atoms with Crippen LogP contribution in [0, 0.1) is 10.1 Å². The van der Waals surface area contributed by atoms with Crippen LogP contribution in [-0.4, -0.2) is 10.9 Å². The third-order valence-electron chi connectivity index (χ3n) is 3.60. The summed E-state index contributed by atoms with van der Waals surface area (Å²) in [7, 11) is 0. The number of hydrogen-bond acceptors (Lipinski definition) is 5. The van der Waals surface area contributed by atoms with Gasteiger partial charge in [0.2, 0.25) is 0 Å². The third-order valence-corrected chi connectivity index (χ3v) is 4.76. The van der Waals surface area contributed by atoms with Crippen molar-refractivity contribution in [3.63, 3.8) is 0 Å². The van der Waals surface area contributed by atoms with E-state index in [1.165, 1.54) is 23.9 Å². The molecule has 0 N–H and O–H groups in total. The molecule has 0 aliphatic rings. The molecule has 0 atom stereocenters. The number of hydrogen-bond donors (Lipinski definition) is 0. The topological polar surface area (TPSA) is 83.3 Å². The van der Waals surface area contributed by atoms with Crippen molar-refractivity contribution in [2.24, 2.45) is 0 Å². The van der Waals surface area contributed by atoms with Crippen LogP contribution in [0.2, 0.25) is 0 Å². The number of nitro groups is 1. The Hall–Kier alpha value is -3.12. The Morgan fingerprint density at radius 2 is 1.36 bits per heavy atom. The van der Waals surface area contributed by atoms with E-state index >= 15 is 0 Å². The minimum atomic E-state index is -1.26. The highest BCUT2D eigenvalue weighted by molar-refractivity contribution is 7.99. The Kier molecular flexibility index (Phi) is 4.81. The van der Waals surface area contributed by atoms with Crippen LogP contribution in [0.1, 0.15) is 10.4 Å². The second-order valence-corrected chi connectivity index (χ2v) is 6.24. The lowest BCUT2D eigenvalue weighted by atomic mass is 10.0. The molecule has 25 heavy (non-hydrogen) atoms. The Morgan fingerprint density at radius 1 is 0.800 bits per heavy atom. The highest BCUT2D eigenvalue weighted by Gasteiger charge is 2.17. The van der Waals surface area contributed by atoms with Gasteiger partial charge in [0.05, 0.1) is 16.5 Å².